The fourth-order valence-corrected chi connectivity index (χ4v) is 1.43. The van der Waals surface area contributed by atoms with Crippen molar-refractivity contribution >= 4 is 34.7 Å². The fourth-order valence-electron chi connectivity index (χ4n) is 1.07. The average molecular weight is 363 g/mol. The third kappa shape index (κ3) is 4.91. The van der Waals surface area contributed by atoms with E-state index in [-0.39, 0.29) is 13.0 Å². The van der Waals surface area contributed by atoms with Crippen molar-refractivity contribution in [3.05, 3.63) is 33.4 Å². The molecule has 0 aliphatic rings. The van der Waals surface area contributed by atoms with Gasteiger partial charge in [-0.2, -0.15) is 0 Å². The molecule has 0 unspecified atom stereocenters. The zero-order chi connectivity index (χ0) is 13.5. The molecule has 0 aliphatic carbocycles. The van der Waals surface area contributed by atoms with E-state index in [4.69, 9.17) is 4.74 Å². The Morgan fingerprint density at radius 1 is 1.28 bits per heavy atom. The van der Waals surface area contributed by atoms with E-state index in [1.807, 2.05) is 24.3 Å². The second-order valence-corrected chi connectivity index (χ2v) is 4.74. The molecule has 1 rings (SSSR count). The Kier molecular flexibility index (Phi) is 5.90. The summed E-state index contributed by atoms with van der Waals surface area (Å²) in [5.41, 5.74) is 0.874. The first kappa shape index (κ1) is 14.7. The molecule has 0 radical (unpaired) electrons. The lowest BCUT2D eigenvalue weighted by Crippen LogP contribution is -2.30. The summed E-state index contributed by atoms with van der Waals surface area (Å²) in [5, 5.41) is 0.790. The van der Waals surface area contributed by atoms with Gasteiger partial charge in [-0.15, -0.1) is 5.06 Å². The van der Waals surface area contributed by atoms with Crippen LogP contribution in [0.4, 0.5) is 4.79 Å². The Balaban J connectivity index is 2.41. The van der Waals surface area contributed by atoms with Crippen LogP contribution in [0, 0.1) is 3.57 Å². The van der Waals surface area contributed by atoms with Crippen LogP contribution in [0.25, 0.3) is 0 Å². The molecule has 0 fully saturated rings. The molecule has 0 bridgehead atoms. The minimum absolute atomic E-state index is 0.143. The molecule has 18 heavy (non-hydrogen) atoms. The first-order valence-corrected chi connectivity index (χ1v) is 6.46. The van der Waals surface area contributed by atoms with E-state index in [9.17, 15) is 9.59 Å². The van der Waals surface area contributed by atoms with E-state index < -0.39 is 12.1 Å². The molecule has 0 aromatic heterocycles. The maximum absolute atomic E-state index is 11.5. The van der Waals surface area contributed by atoms with Gasteiger partial charge in [-0.3, -0.25) is 0 Å². The number of hydrogen-bond donors (Lipinski definition) is 0. The second-order valence-electron chi connectivity index (χ2n) is 3.50. The molecule has 5 nitrogen and oxygen atoms in total. The van der Waals surface area contributed by atoms with Gasteiger partial charge >= 0.3 is 12.1 Å². The Labute approximate surface area is 119 Å². The molecule has 1 amide bonds. The van der Waals surface area contributed by atoms with Gasteiger partial charge < -0.3 is 9.57 Å². The Hall–Kier alpha value is -1.31. The highest BCUT2D eigenvalue weighted by molar-refractivity contribution is 14.1. The van der Waals surface area contributed by atoms with E-state index >= 15 is 0 Å². The van der Waals surface area contributed by atoms with E-state index in [1.165, 1.54) is 7.05 Å². The van der Waals surface area contributed by atoms with Gasteiger partial charge in [-0.25, -0.2) is 9.59 Å². The molecule has 0 spiro atoms. The summed E-state index contributed by atoms with van der Waals surface area (Å²) < 4.78 is 6.09. The number of nitrogens with zero attached hydrogens (tertiary/aromatic N) is 1. The molecule has 1 aromatic rings. The van der Waals surface area contributed by atoms with Crippen molar-refractivity contribution in [2.24, 2.45) is 0 Å². The lowest BCUT2D eigenvalue weighted by atomic mass is 10.2. The van der Waals surface area contributed by atoms with Crippen molar-refractivity contribution < 1.29 is 19.2 Å². The van der Waals surface area contributed by atoms with Crippen LogP contribution in [0.1, 0.15) is 18.9 Å². The summed E-state index contributed by atoms with van der Waals surface area (Å²) in [4.78, 5) is 27.1. The SMILES string of the molecule is CCC(=O)ON(C)C(=O)OCc1ccc(I)cc1. The molecule has 0 atom stereocenters. The van der Waals surface area contributed by atoms with Crippen LogP contribution >= 0.6 is 22.6 Å². The lowest BCUT2D eigenvalue weighted by Gasteiger charge is -2.15. The molecule has 0 saturated heterocycles. The number of halogens is 1. The van der Waals surface area contributed by atoms with Crippen molar-refractivity contribution in [1.82, 2.24) is 5.06 Å². The maximum atomic E-state index is 11.5. The average Bonchev–Trinajstić information content (AvgIpc) is 2.37. The van der Waals surface area contributed by atoms with Crippen LogP contribution in [0.2, 0.25) is 0 Å². The Bertz CT molecular complexity index is 419. The number of carbonyl (C=O) groups is 2. The molecular formula is C12H14INO4. The Morgan fingerprint density at radius 2 is 1.89 bits per heavy atom. The molecule has 0 saturated carbocycles. The number of hydroxylamine groups is 2. The standard InChI is InChI=1S/C12H14INO4/c1-3-11(15)18-14(2)12(16)17-8-9-4-6-10(13)7-5-9/h4-7H,3,8H2,1-2H3. The van der Waals surface area contributed by atoms with E-state index in [0.29, 0.717) is 0 Å². The van der Waals surface area contributed by atoms with Crippen LogP contribution in [0.15, 0.2) is 24.3 Å². The van der Waals surface area contributed by atoms with Crippen molar-refractivity contribution in [2.75, 3.05) is 7.05 Å². The van der Waals surface area contributed by atoms with Gasteiger partial charge in [-0.05, 0) is 40.3 Å². The van der Waals surface area contributed by atoms with E-state index in [0.717, 1.165) is 14.2 Å². The molecular weight excluding hydrogens is 349 g/mol. The quantitative estimate of drug-likeness (QED) is 0.612. The summed E-state index contributed by atoms with van der Waals surface area (Å²) in [7, 11) is 1.34. The summed E-state index contributed by atoms with van der Waals surface area (Å²) in [6.45, 7) is 1.79. The molecule has 1 aromatic carbocycles. The highest BCUT2D eigenvalue weighted by Crippen LogP contribution is 2.08. The van der Waals surface area contributed by atoms with Crippen molar-refractivity contribution in [1.29, 1.82) is 0 Å². The normalized spacial score (nSPS) is 9.72. The van der Waals surface area contributed by atoms with Crippen LogP contribution in [-0.4, -0.2) is 24.2 Å². The molecule has 0 N–H and O–H groups in total. The number of hydrogen-bond acceptors (Lipinski definition) is 4. The molecule has 0 heterocycles. The van der Waals surface area contributed by atoms with Gasteiger partial charge in [0.25, 0.3) is 0 Å². The summed E-state index contributed by atoms with van der Waals surface area (Å²) in [6, 6.07) is 7.58. The van der Waals surface area contributed by atoms with Gasteiger partial charge in [0.2, 0.25) is 0 Å². The van der Waals surface area contributed by atoms with Crippen molar-refractivity contribution in [3.63, 3.8) is 0 Å². The first-order chi connectivity index (χ1) is 8.52. The fraction of sp³-hybridized carbons (Fsp3) is 0.333. The third-order valence-corrected chi connectivity index (χ3v) is 2.78. The van der Waals surface area contributed by atoms with Gasteiger partial charge in [0.1, 0.15) is 6.61 Å². The smallest absolute Gasteiger partial charge is 0.442 e. The van der Waals surface area contributed by atoms with Crippen LogP contribution in [0.5, 0.6) is 0 Å². The molecule has 98 valence electrons. The van der Waals surface area contributed by atoms with Gasteiger partial charge in [0, 0.05) is 9.99 Å². The summed E-state index contributed by atoms with van der Waals surface area (Å²) >= 11 is 2.19. The van der Waals surface area contributed by atoms with E-state index in [2.05, 4.69) is 27.4 Å². The minimum Gasteiger partial charge on any atom is -0.442 e. The number of benzene rings is 1. The first-order valence-electron chi connectivity index (χ1n) is 5.38. The van der Waals surface area contributed by atoms with Crippen LogP contribution in [-0.2, 0) is 21.0 Å². The highest BCUT2D eigenvalue weighted by Gasteiger charge is 2.14. The van der Waals surface area contributed by atoms with Gasteiger partial charge in [0.05, 0.1) is 7.05 Å². The van der Waals surface area contributed by atoms with Crippen molar-refractivity contribution in [2.45, 2.75) is 20.0 Å². The monoisotopic (exact) mass is 363 g/mol. The Morgan fingerprint density at radius 3 is 2.44 bits per heavy atom. The highest BCUT2D eigenvalue weighted by atomic mass is 127. The number of rotatable bonds is 3. The maximum Gasteiger partial charge on any atom is 0.443 e. The van der Waals surface area contributed by atoms with Crippen LogP contribution < -0.4 is 0 Å². The second kappa shape index (κ2) is 7.20. The summed E-state index contributed by atoms with van der Waals surface area (Å²) in [6.07, 6.45) is -0.496. The predicted molar refractivity (Wildman–Crippen MR) is 73.5 cm³/mol. The van der Waals surface area contributed by atoms with Crippen LogP contribution in [0.3, 0.4) is 0 Å². The zero-order valence-corrected chi connectivity index (χ0v) is 12.3. The topological polar surface area (TPSA) is 55.8 Å². The molecule has 0 aliphatic heterocycles. The number of amides is 1. The lowest BCUT2D eigenvalue weighted by molar-refractivity contribution is -0.176. The van der Waals surface area contributed by atoms with Gasteiger partial charge in [-0.1, -0.05) is 19.1 Å². The molecule has 6 heteroatoms. The van der Waals surface area contributed by atoms with Gasteiger partial charge in [0.15, 0.2) is 0 Å². The number of ether oxygens (including phenoxy) is 1. The summed E-state index contributed by atoms with van der Waals surface area (Å²) in [5.74, 6) is -0.483. The largest absolute Gasteiger partial charge is 0.443 e. The third-order valence-electron chi connectivity index (χ3n) is 2.06. The predicted octanol–water partition coefficient (Wildman–Crippen LogP) is 2.73. The van der Waals surface area contributed by atoms with E-state index in [1.54, 1.807) is 6.92 Å². The minimum atomic E-state index is -0.699. The van der Waals surface area contributed by atoms with Crippen molar-refractivity contribution in [3.8, 4) is 0 Å². The number of carbonyl (C=O) groups excluding carboxylic acids is 2. The zero-order valence-electron chi connectivity index (χ0n) is 10.2.